The minimum Gasteiger partial charge on any atom is -0.475 e. The fourth-order valence-electron chi connectivity index (χ4n) is 6.93. The molecule has 3 aliphatic heterocycles. The second-order valence-corrected chi connectivity index (χ2v) is 14.0. The molecule has 3 heterocycles. The normalized spacial score (nSPS) is 23.1. The first-order valence-corrected chi connectivity index (χ1v) is 15.8. The van der Waals surface area contributed by atoms with Crippen molar-refractivity contribution in [2.24, 2.45) is 17.3 Å². The van der Waals surface area contributed by atoms with E-state index < -0.39 is 29.4 Å². The van der Waals surface area contributed by atoms with E-state index in [2.05, 4.69) is 36.7 Å². The monoisotopic (exact) mass is 688 g/mol. The van der Waals surface area contributed by atoms with Crippen LogP contribution in [-0.4, -0.2) is 60.3 Å². The Kier molecular flexibility index (Phi) is 10.8. The second kappa shape index (κ2) is 13.9. The van der Waals surface area contributed by atoms with Crippen LogP contribution in [0.15, 0.2) is 36.4 Å². The summed E-state index contributed by atoms with van der Waals surface area (Å²) in [5.74, 6) is -3.32. The molecule has 0 radical (unpaired) electrons. The summed E-state index contributed by atoms with van der Waals surface area (Å²) in [6, 6.07) is 8.95. The molecule has 4 N–H and O–H groups in total. The highest BCUT2D eigenvalue weighted by atomic mass is 35.5. The molecule has 0 aliphatic carbocycles. The molecule has 14 heteroatoms. The van der Waals surface area contributed by atoms with Gasteiger partial charge in [0.25, 0.3) is 0 Å². The lowest BCUT2D eigenvalue weighted by molar-refractivity contribution is -0.192. The average Bonchev–Trinajstić information content (AvgIpc) is 3.43. The number of hydrogen-bond acceptors (Lipinski definition) is 4. The van der Waals surface area contributed by atoms with Gasteiger partial charge in [0, 0.05) is 29.4 Å². The first-order chi connectivity index (χ1) is 21.5. The SMILES string of the molecule is CC(C)(C)CC1CN(C(=O)NCCC2CCNCC2)C(c2cccc(Cl)c2F)C12C(=O)Nc1cc(Cl)ccc12.O=C(O)C(F)(F)F. The summed E-state index contributed by atoms with van der Waals surface area (Å²) >= 11 is 12.6. The van der Waals surface area contributed by atoms with Crippen molar-refractivity contribution in [1.29, 1.82) is 0 Å². The minimum absolute atomic E-state index is 0.0390. The maximum Gasteiger partial charge on any atom is 0.490 e. The molecule has 2 saturated heterocycles. The zero-order valence-electron chi connectivity index (χ0n) is 25.7. The van der Waals surface area contributed by atoms with Gasteiger partial charge in [0.15, 0.2) is 0 Å². The molecule has 0 aromatic heterocycles. The van der Waals surface area contributed by atoms with E-state index in [4.69, 9.17) is 33.1 Å². The first kappa shape index (κ1) is 35.8. The van der Waals surface area contributed by atoms with E-state index >= 15 is 4.39 Å². The molecule has 252 valence electrons. The van der Waals surface area contributed by atoms with Crippen LogP contribution in [0.2, 0.25) is 10.0 Å². The second-order valence-electron chi connectivity index (χ2n) is 13.2. The van der Waals surface area contributed by atoms with E-state index in [9.17, 15) is 22.8 Å². The Morgan fingerprint density at radius 1 is 1.11 bits per heavy atom. The number of hydrogen-bond donors (Lipinski definition) is 4. The lowest BCUT2D eigenvalue weighted by Crippen LogP contribution is -2.48. The van der Waals surface area contributed by atoms with Crippen molar-refractivity contribution < 1.29 is 37.1 Å². The van der Waals surface area contributed by atoms with Gasteiger partial charge in [-0.25, -0.2) is 14.0 Å². The van der Waals surface area contributed by atoms with Gasteiger partial charge in [-0.15, -0.1) is 0 Å². The van der Waals surface area contributed by atoms with E-state index in [0.717, 1.165) is 37.9 Å². The number of benzene rings is 2. The summed E-state index contributed by atoms with van der Waals surface area (Å²) in [4.78, 5) is 38.6. The van der Waals surface area contributed by atoms with Crippen LogP contribution < -0.4 is 16.0 Å². The molecule has 46 heavy (non-hydrogen) atoms. The molecule has 3 unspecified atom stereocenters. The van der Waals surface area contributed by atoms with E-state index in [1.54, 1.807) is 29.2 Å². The molecule has 3 aliphatic rings. The van der Waals surface area contributed by atoms with Gasteiger partial charge < -0.3 is 26.0 Å². The summed E-state index contributed by atoms with van der Waals surface area (Å²) < 4.78 is 47.5. The molecule has 3 atom stereocenters. The molecule has 8 nitrogen and oxygen atoms in total. The molecular formula is C32H38Cl2F4N4O4. The third-order valence-corrected chi connectivity index (χ3v) is 9.31. The molecule has 0 saturated carbocycles. The minimum atomic E-state index is -5.08. The number of rotatable bonds is 5. The largest absolute Gasteiger partial charge is 0.490 e. The van der Waals surface area contributed by atoms with Crippen LogP contribution in [0.25, 0.3) is 0 Å². The molecule has 2 aromatic rings. The Morgan fingerprint density at radius 3 is 2.37 bits per heavy atom. The topological polar surface area (TPSA) is 111 Å². The van der Waals surface area contributed by atoms with Crippen molar-refractivity contribution >= 4 is 46.8 Å². The first-order valence-electron chi connectivity index (χ1n) is 15.1. The lowest BCUT2D eigenvalue weighted by atomic mass is 9.63. The van der Waals surface area contributed by atoms with Crippen molar-refractivity contribution in [3.05, 3.63) is 63.4 Å². The summed E-state index contributed by atoms with van der Waals surface area (Å²) in [6.07, 6.45) is -1.37. The zero-order valence-corrected chi connectivity index (χ0v) is 27.3. The standard InChI is InChI=1S/C30H37Cl2FN4O2.C2HF3O2/c1-29(2,3)16-19-17-37(28(39)35-14-11-18-9-12-34-13-10-18)26(21-5-4-6-23(32)25(21)33)30(19)22-8-7-20(31)15-24(22)36-27(30)38;3-2(4,5)1(6)7/h4-8,15,18-19,26,34H,9-14,16-17H2,1-3H3,(H,35,39)(H,36,38);(H,6,7). The number of nitrogens with one attached hydrogen (secondary N) is 3. The average molecular weight is 690 g/mol. The van der Waals surface area contributed by atoms with E-state index in [0.29, 0.717) is 36.1 Å². The number of fused-ring (bicyclic) bond motifs is 2. The summed E-state index contributed by atoms with van der Waals surface area (Å²) in [5, 5.41) is 17.1. The number of urea groups is 1. The number of nitrogens with zero attached hydrogens (tertiary/aromatic N) is 1. The van der Waals surface area contributed by atoms with Crippen LogP contribution in [-0.2, 0) is 15.0 Å². The molecule has 1 spiro atoms. The van der Waals surface area contributed by atoms with Crippen LogP contribution in [0, 0.1) is 23.1 Å². The van der Waals surface area contributed by atoms with Crippen LogP contribution in [0.1, 0.15) is 63.6 Å². The fourth-order valence-corrected chi connectivity index (χ4v) is 7.28. The van der Waals surface area contributed by atoms with Gasteiger partial charge in [-0.1, -0.05) is 62.2 Å². The number of anilines is 1. The number of likely N-dealkylation sites (tertiary alicyclic amines) is 1. The van der Waals surface area contributed by atoms with Crippen LogP contribution >= 0.6 is 23.2 Å². The van der Waals surface area contributed by atoms with Crippen LogP contribution in [0.5, 0.6) is 0 Å². The lowest BCUT2D eigenvalue weighted by Gasteiger charge is -2.38. The highest BCUT2D eigenvalue weighted by Crippen LogP contribution is 2.60. The Balaban J connectivity index is 0.000000617. The number of aliphatic carboxylic acids is 1. The highest BCUT2D eigenvalue weighted by Gasteiger charge is 2.65. The predicted molar refractivity (Wildman–Crippen MR) is 167 cm³/mol. The Labute approximate surface area is 275 Å². The molecule has 5 rings (SSSR count). The third-order valence-electron chi connectivity index (χ3n) is 8.78. The summed E-state index contributed by atoms with van der Waals surface area (Å²) in [6.45, 7) is 9.18. The van der Waals surface area contributed by atoms with Gasteiger partial charge in [0.1, 0.15) is 11.2 Å². The molecule has 0 bridgehead atoms. The smallest absolute Gasteiger partial charge is 0.475 e. The van der Waals surface area contributed by atoms with Gasteiger partial charge in [-0.3, -0.25) is 4.79 Å². The van der Waals surface area contributed by atoms with Crippen molar-refractivity contribution in [3.8, 4) is 0 Å². The van der Waals surface area contributed by atoms with Crippen molar-refractivity contribution in [1.82, 2.24) is 15.5 Å². The number of piperidine rings is 1. The highest BCUT2D eigenvalue weighted by molar-refractivity contribution is 6.31. The Bertz CT molecular complexity index is 1460. The van der Waals surface area contributed by atoms with Gasteiger partial charge >= 0.3 is 18.2 Å². The van der Waals surface area contributed by atoms with Crippen LogP contribution in [0.3, 0.4) is 0 Å². The molecule has 2 aromatic carbocycles. The molecule has 2 fully saturated rings. The van der Waals surface area contributed by atoms with Crippen molar-refractivity contribution in [2.45, 2.75) is 64.1 Å². The number of amides is 3. The summed E-state index contributed by atoms with van der Waals surface area (Å²) in [5.41, 5.74) is 0.231. The van der Waals surface area contributed by atoms with E-state index in [1.165, 1.54) is 6.07 Å². The fraction of sp³-hybridized carbons (Fsp3) is 0.531. The van der Waals surface area contributed by atoms with Gasteiger partial charge in [0.2, 0.25) is 5.91 Å². The van der Waals surface area contributed by atoms with Crippen molar-refractivity contribution in [3.63, 3.8) is 0 Å². The van der Waals surface area contributed by atoms with E-state index in [1.807, 2.05) is 6.07 Å². The number of carboxylic acids is 1. The third kappa shape index (κ3) is 7.55. The Hall–Kier alpha value is -3.09. The molecular weight excluding hydrogens is 651 g/mol. The van der Waals surface area contributed by atoms with Gasteiger partial charge in [0.05, 0.1) is 11.1 Å². The number of carbonyl (C=O) groups is 3. The van der Waals surface area contributed by atoms with Gasteiger partial charge in [-0.2, -0.15) is 13.2 Å². The quantitative estimate of drug-likeness (QED) is 0.249. The van der Waals surface area contributed by atoms with E-state index in [-0.39, 0.29) is 33.9 Å². The number of carboxylic acid groups (broad SMARTS) is 1. The zero-order chi connectivity index (χ0) is 34.0. The Morgan fingerprint density at radius 2 is 1.76 bits per heavy atom. The maximum absolute atomic E-state index is 15.8. The number of halogens is 6. The summed E-state index contributed by atoms with van der Waals surface area (Å²) in [7, 11) is 0. The number of carbonyl (C=O) groups excluding carboxylic acids is 2. The predicted octanol–water partition coefficient (Wildman–Crippen LogP) is 7.16. The number of alkyl halides is 3. The van der Waals surface area contributed by atoms with Crippen LogP contribution in [0.4, 0.5) is 28.0 Å². The van der Waals surface area contributed by atoms with Crippen molar-refractivity contribution in [2.75, 3.05) is 31.5 Å². The van der Waals surface area contributed by atoms with Gasteiger partial charge in [-0.05, 0) is 79.8 Å². The maximum atomic E-state index is 15.8. The molecule has 3 amide bonds.